The zero-order valence-electron chi connectivity index (χ0n) is 20.1. The number of carbonyl (C=O) groups excluding carboxylic acids is 1. The standard InChI is InChI=1S/C28H25FIN3O3/c1-18-14-22(16-31-32-28(34)20-8-13-26(30)27(15-20)35-3)19(2)33(18)23-9-11-24(12-10-23)36-17-21-6-4-5-7-25(21)29/h4-16H,17H2,1-3H3,(H,32,34)/b31-16-. The molecular formula is C28H25FIN3O3. The van der Waals surface area contributed by atoms with Crippen LogP contribution in [-0.4, -0.2) is 23.8 Å². The van der Waals surface area contributed by atoms with Crippen molar-refractivity contribution in [3.8, 4) is 17.2 Å². The number of ether oxygens (including phenoxy) is 2. The van der Waals surface area contributed by atoms with Gasteiger partial charge in [-0.25, -0.2) is 9.82 Å². The number of halogens is 2. The van der Waals surface area contributed by atoms with E-state index in [9.17, 15) is 9.18 Å². The third-order valence-corrected chi connectivity index (χ3v) is 6.59. The summed E-state index contributed by atoms with van der Waals surface area (Å²) in [6.07, 6.45) is 1.63. The number of nitrogens with one attached hydrogen (secondary N) is 1. The first-order valence-electron chi connectivity index (χ1n) is 11.2. The second-order valence-corrected chi connectivity index (χ2v) is 9.25. The molecule has 0 unspecified atom stereocenters. The number of nitrogens with zero attached hydrogens (tertiary/aromatic N) is 2. The van der Waals surface area contributed by atoms with Crippen molar-refractivity contribution in [3.63, 3.8) is 0 Å². The molecule has 1 heterocycles. The average molecular weight is 597 g/mol. The molecule has 0 saturated heterocycles. The summed E-state index contributed by atoms with van der Waals surface area (Å²) < 4.78 is 27.8. The van der Waals surface area contributed by atoms with Gasteiger partial charge in [0.1, 0.15) is 23.9 Å². The number of amides is 1. The Morgan fingerprint density at radius 1 is 1.08 bits per heavy atom. The van der Waals surface area contributed by atoms with Gasteiger partial charge in [0, 0.05) is 33.8 Å². The maximum absolute atomic E-state index is 13.8. The molecule has 4 aromatic rings. The second kappa shape index (κ2) is 11.4. The summed E-state index contributed by atoms with van der Waals surface area (Å²) in [5.74, 6) is 0.692. The molecule has 0 aliphatic carbocycles. The fourth-order valence-corrected chi connectivity index (χ4v) is 4.37. The van der Waals surface area contributed by atoms with Crippen LogP contribution in [0.25, 0.3) is 5.69 Å². The van der Waals surface area contributed by atoms with Crippen molar-refractivity contribution in [2.45, 2.75) is 20.5 Å². The number of aromatic nitrogens is 1. The molecule has 8 heteroatoms. The van der Waals surface area contributed by atoms with Crippen molar-refractivity contribution in [2.75, 3.05) is 7.11 Å². The first kappa shape index (κ1) is 25.4. The molecule has 0 atom stereocenters. The van der Waals surface area contributed by atoms with Gasteiger partial charge in [-0.15, -0.1) is 0 Å². The normalized spacial score (nSPS) is 11.0. The SMILES string of the molecule is COc1cc(C(=O)N/N=C\c2cc(C)n(-c3ccc(OCc4ccccc4F)cc3)c2C)ccc1I. The van der Waals surface area contributed by atoms with Crippen LogP contribution in [0.5, 0.6) is 11.5 Å². The lowest BCUT2D eigenvalue weighted by molar-refractivity contribution is 0.0954. The molecule has 3 aromatic carbocycles. The van der Waals surface area contributed by atoms with Crippen molar-refractivity contribution >= 4 is 34.7 Å². The van der Waals surface area contributed by atoms with Crippen LogP contribution in [0.3, 0.4) is 0 Å². The highest BCUT2D eigenvalue weighted by Gasteiger charge is 2.11. The zero-order valence-corrected chi connectivity index (χ0v) is 22.2. The van der Waals surface area contributed by atoms with E-state index in [1.807, 2.05) is 50.2 Å². The molecular weight excluding hydrogens is 572 g/mol. The Kier molecular flexibility index (Phi) is 8.04. The Bertz CT molecular complexity index is 1410. The summed E-state index contributed by atoms with van der Waals surface area (Å²) >= 11 is 2.15. The molecule has 36 heavy (non-hydrogen) atoms. The lowest BCUT2D eigenvalue weighted by atomic mass is 10.2. The topological polar surface area (TPSA) is 64.8 Å². The summed E-state index contributed by atoms with van der Waals surface area (Å²) in [5.41, 5.74) is 7.38. The predicted octanol–water partition coefficient (Wildman–Crippen LogP) is 6.19. The van der Waals surface area contributed by atoms with E-state index in [-0.39, 0.29) is 18.3 Å². The molecule has 1 aromatic heterocycles. The highest BCUT2D eigenvalue weighted by molar-refractivity contribution is 14.1. The van der Waals surface area contributed by atoms with E-state index in [0.29, 0.717) is 22.6 Å². The van der Waals surface area contributed by atoms with Crippen molar-refractivity contribution in [1.82, 2.24) is 9.99 Å². The van der Waals surface area contributed by atoms with Gasteiger partial charge in [-0.1, -0.05) is 18.2 Å². The van der Waals surface area contributed by atoms with Crippen LogP contribution in [0.15, 0.2) is 77.9 Å². The lowest BCUT2D eigenvalue weighted by Crippen LogP contribution is -2.17. The summed E-state index contributed by atoms with van der Waals surface area (Å²) in [4.78, 5) is 12.5. The van der Waals surface area contributed by atoms with Crippen molar-refractivity contribution < 1.29 is 18.7 Å². The molecule has 0 fully saturated rings. The van der Waals surface area contributed by atoms with Crippen LogP contribution >= 0.6 is 22.6 Å². The van der Waals surface area contributed by atoms with Gasteiger partial charge in [-0.2, -0.15) is 5.10 Å². The number of aryl methyl sites for hydroxylation is 1. The average Bonchev–Trinajstić information content (AvgIpc) is 3.16. The minimum atomic E-state index is -0.319. The predicted molar refractivity (Wildman–Crippen MR) is 147 cm³/mol. The van der Waals surface area contributed by atoms with Crippen LogP contribution in [0.1, 0.15) is 32.9 Å². The maximum Gasteiger partial charge on any atom is 0.271 e. The quantitative estimate of drug-likeness (QED) is 0.150. The van der Waals surface area contributed by atoms with Crippen LogP contribution in [-0.2, 0) is 6.61 Å². The minimum Gasteiger partial charge on any atom is -0.496 e. The molecule has 1 amide bonds. The van der Waals surface area contributed by atoms with Crippen LogP contribution in [0, 0.1) is 23.2 Å². The molecule has 0 radical (unpaired) electrons. The first-order chi connectivity index (χ1) is 17.4. The van der Waals surface area contributed by atoms with E-state index < -0.39 is 0 Å². The monoisotopic (exact) mass is 597 g/mol. The number of methoxy groups -OCH3 is 1. The third kappa shape index (κ3) is 5.76. The smallest absolute Gasteiger partial charge is 0.271 e. The van der Waals surface area contributed by atoms with Gasteiger partial charge in [-0.3, -0.25) is 4.79 Å². The fraction of sp³-hybridized carbons (Fsp3) is 0.143. The van der Waals surface area contributed by atoms with Gasteiger partial charge < -0.3 is 14.0 Å². The number of hydrogen-bond acceptors (Lipinski definition) is 4. The summed E-state index contributed by atoms with van der Waals surface area (Å²) in [7, 11) is 1.57. The summed E-state index contributed by atoms with van der Waals surface area (Å²) in [6.45, 7) is 4.15. The van der Waals surface area contributed by atoms with Gasteiger partial charge in [0.05, 0.1) is 16.9 Å². The highest BCUT2D eigenvalue weighted by Crippen LogP contribution is 2.24. The van der Waals surface area contributed by atoms with Gasteiger partial charge in [-0.05, 0) is 91.0 Å². The molecule has 0 bridgehead atoms. The Balaban J connectivity index is 1.43. The number of rotatable bonds is 8. The molecule has 0 aliphatic heterocycles. The van der Waals surface area contributed by atoms with E-state index in [1.54, 1.807) is 43.7 Å². The molecule has 184 valence electrons. The number of benzene rings is 3. The van der Waals surface area contributed by atoms with E-state index >= 15 is 0 Å². The van der Waals surface area contributed by atoms with Crippen LogP contribution in [0.4, 0.5) is 4.39 Å². The van der Waals surface area contributed by atoms with E-state index in [0.717, 1.165) is 26.2 Å². The number of hydrogen-bond donors (Lipinski definition) is 1. The van der Waals surface area contributed by atoms with Crippen molar-refractivity contribution in [3.05, 3.63) is 110 Å². The molecule has 0 aliphatic rings. The second-order valence-electron chi connectivity index (χ2n) is 8.08. The number of carbonyl (C=O) groups is 1. The summed E-state index contributed by atoms with van der Waals surface area (Å²) in [5, 5.41) is 4.15. The Hall–Kier alpha value is -3.66. The molecule has 0 spiro atoms. The molecule has 4 rings (SSSR count). The van der Waals surface area contributed by atoms with E-state index in [4.69, 9.17) is 9.47 Å². The molecule has 1 N–H and O–H groups in total. The molecule has 6 nitrogen and oxygen atoms in total. The first-order valence-corrected chi connectivity index (χ1v) is 12.3. The Labute approximate surface area is 222 Å². The van der Waals surface area contributed by atoms with Gasteiger partial charge >= 0.3 is 0 Å². The van der Waals surface area contributed by atoms with Gasteiger partial charge in [0.25, 0.3) is 5.91 Å². The maximum atomic E-state index is 13.8. The summed E-state index contributed by atoms with van der Waals surface area (Å²) in [6, 6.07) is 21.4. The Morgan fingerprint density at radius 3 is 2.56 bits per heavy atom. The fourth-order valence-electron chi connectivity index (χ4n) is 3.81. The van der Waals surface area contributed by atoms with Crippen LogP contribution in [0.2, 0.25) is 0 Å². The van der Waals surface area contributed by atoms with Crippen molar-refractivity contribution in [1.29, 1.82) is 0 Å². The Morgan fingerprint density at radius 2 is 1.83 bits per heavy atom. The molecule has 0 saturated carbocycles. The largest absolute Gasteiger partial charge is 0.496 e. The number of hydrazone groups is 1. The van der Waals surface area contributed by atoms with Gasteiger partial charge in [0.15, 0.2) is 0 Å². The van der Waals surface area contributed by atoms with Crippen molar-refractivity contribution in [2.24, 2.45) is 5.10 Å². The van der Waals surface area contributed by atoms with Gasteiger partial charge in [0.2, 0.25) is 0 Å². The highest BCUT2D eigenvalue weighted by atomic mass is 127. The van der Waals surface area contributed by atoms with E-state index in [2.05, 4.69) is 37.7 Å². The third-order valence-electron chi connectivity index (χ3n) is 5.70. The van der Waals surface area contributed by atoms with E-state index in [1.165, 1.54) is 6.07 Å². The zero-order chi connectivity index (χ0) is 25.7. The van der Waals surface area contributed by atoms with Crippen LogP contribution < -0.4 is 14.9 Å². The lowest BCUT2D eigenvalue weighted by Gasteiger charge is -2.12. The minimum absolute atomic E-state index is 0.162.